The number of nitrogens with zero attached hydrogens (tertiary/aromatic N) is 1. The number of amides is 1. The molecular formula is C16H23FN2O. The summed E-state index contributed by atoms with van der Waals surface area (Å²) in [6.45, 7) is 7.86. The van der Waals surface area contributed by atoms with E-state index in [2.05, 4.69) is 26.1 Å². The van der Waals surface area contributed by atoms with Gasteiger partial charge in [0.2, 0.25) is 0 Å². The lowest BCUT2D eigenvalue weighted by Gasteiger charge is -2.40. The zero-order valence-corrected chi connectivity index (χ0v) is 12.4. The molecular weight excluding hydrogens is 255 g/mol. The minimum atomic E-state index is -0.362. The first-order valence-corrected chi connectivity index (χ1v) is 7.27. The Hall–Kier alpha value is -1.42. The topological polar surface area (TPSA) is 32.3 Å². The number of carbonyl (C=O) groups excluding carboxylic acids is 1. The summed E-state index contributed by atoms with van der Waals surface area (Å²) in [6, 6.07) is 6.42. The van der Waals surface area contributed by atoms with Gasteiger partial charge in [-0.25, -0.2) is 4.39 Å². The van der Waals surface area contributed by atoms with Gasteiger partial charge in [0.25, 0.3) is 5.91 Å². The number of hydrogen-bond donors (Lipinski definition) is 1. The van der Waals surface area contributed by atoms with E-state index < -0.39 is 0 Å². The van der Waals surface area contributed by atoms with Crippen molar-refractivity contribution < 1.29 is 9.18 Å². The molecule has 1 heterocycles. The van der Waals surface area contributed by atoms with E-state index in [0.717, 1.165) is 13.0 Å². The lowest BCUT2D eigenvalue weighted by Crippen LogP contribution is -2.57. The van der Waals surface area contributed by atoms with E-state index >= 15 is 0 Å². The molecule has 0 spiro atoms. The van der Waals surface area contributed by atoms with Gasteiger partial charge >= 0.3 is 0 Å². The molecule has 20 heavy (non-hydrogen) atoms. The molecule has 3 nitrogen and oxygen atoms in total. The molecule has 1 saturated heterocycles. The Kier molecular flexibility index (Phi) is 4.76. The van der Waals surface area contributed by atoms with Crippen LogP contribution in [0.5, 0.6) is 0 Å². The number of hydrogen-bond acceptors (Lipinski definition) is 2. The molecule has 1 aromatic carbocycles. The predicted molar refractivity (Wildman–Crippen MR) is 78.1 cm³/mol. The van der Waals surface area contributed by atoms with Crippen LogP contribution in [0.4, 0.5) is 4.39 Å². The third kappa shape index (κ3) is 3.57. The summed E-state index contributed by atoms with van der Waals surface area (Å²) in [5, 5.41) is 3.42. The van der Waals surface area contributed by atoms with Crippen LogP contribution in [0.2, 0.25) is 0 Å². The van der Waals surface area contributed by atoms with Gasteiger partial charge < -0.3 is 10.2 Å². The average molecular weight is 278 g/mol. The van der Waals surface area contributed by atoms with Crippen molar-refractivity contribution in [3.8, 4) is 0 Å². The summed E-state index contributed by atoms with van der Waals surface area (Å²) >= 11 is 0. The van der Waals surface area contributed by atoms with Crippen molar-refractivity contribution in [3.05, 3.63) is 35.6 Å². The average Bonchev–Trinajstić information content (AvgIpc) is 2.39. The zero-order valence-electron chi connectivity index (χ0n) is 12.4. The predicted octanol–water partition coefficient (Wildman–Crippen LogP) is 2.67. The summed E-state index contributed by atoms with van der Waals surface area (Å²) in [5.41, 5.74) is 0.438. The number of nitrogens with one attached hydrogen (secondary N) is 1. The normalized spacial score (nSPS) is 23.1. The van der Waals surface area contributed by atoms with E-state index in [-0.39, 0.29) is 23.8 Å². The van der Waals surface area contributed by atoms with Gasteiger partial charge in [-0.1, -0.05) is 19.9 Å². The zero-order chi connectivity index (χ0) is 14.7. The maximum Gasteiger partial charge on any atom is 0.254 e. The molecule has 0 bridgehead atoms. The molecule has 0 aromatic heterocycles. The fraction of sp³-hybridized carbons (Fsp3) is 0.562. The standard InChI is InChI=1S/C16H23FN2O/c1-11(2)7-15-9-18-12(3)10-19(15)16(20)13-5-4-6-14(17)8-13/h4-6,8,11-12,15,18H,7,9-10H2,1-3H3. The van der Waals surface area contributed by atoms with Crippen molar-refractivity contribution in [2.45, 2.75) is 39.3 Å². The second-order valence-corrected chi connectivity index (χ2v) is 6.06. The molecule has 2 unspecified atom stereocenters. The Morgan fingerprint density at radius 1 is 1.50 bits per heavy atom. The number of halogens is 1. The van der Waals surface area contributed by atoms with E-state index in [9.17, 15) is 9.18 Å². The fourth-order valence-corrected chi connectivity index (χ4v) is 2.75. The van der Waals surface area contributed by atoms with Crippen molar-refractivity contribution in [3.63, 3.8) is 0 Å². The van der Waals surface area contributed by atoms with Crippen molar-refractivity contribution in [1.82, 2.24) is 10.2 Å². The number of carbonyl (C=O) groups is 1. The molecule has 2 rings (SSSR count). The molecule has 1 aliphatic rings. The van der Waals surface area contributed by atoms with Crippen LogP contribution in [0.3, 0.4) is 0 Å². The number of benzene rings is 1. The van der Waals surface area contributed by atoms with Crippen LogP contribution in [-0.4, -0.2) is 36.0 Å². The van der Waals surface area contributed by atoms with E-state index in [4.69, 9.17) is 0 Å². The van der Waals surface area contributed by atoms with Crippen LogP contribution in [0.1, 0.15) is 37.6 Å². The minimum absolute atomic E-state index is 0.0662. The quantitative estimate of drug-likeness (QED) is 0.922. The lowest BCUT2D eigenvalue weighted by molar-refractivity contribution is 0.0563. The highest BCUT2D eigenvalue weighted by molar-refractivity contribution is 5.94. The SMILES string of the molecule is CC(C)CC1CNC(C)CN1C(=O)c1cccc(F)c1. The summed E-state index contributed by atoms with van der Waals surface area (Å²) in [6.07, 6.45) is 0.959. The first kappa shape index (κ1) is 15.0. The molecule has 1 amide bonds. The third-order valence-electron chi connectivity index (χ3n) is 3.69. The number of piperazine rings is 1. The van der Waals surface area contributed by atoms with Gasteiger partial charge in [-0.05, 0) is 37.5 Å². The van der Waals surface area contributed by atoms with Gasteiger partial charge in [0.15, 0.2) is 0 Å². The van der Waals surface area contributed by atoms with Crippen molar-refractivity contribution in [2.24, 2.45) is 5.92 Å². The van der Waals surface area contributed by atoms with Gasteiger partial charge in [0, 0.05) is 30.7 Å². The van der Waals surface area contributed by atoms with Gasteiger partial charge in [-0.15, -0.1) is 0 Å². The maximum absolute atomic E-state index is 13.3. The van der Waals surface area contributed by atoms with E-state index in [1.807, 2.05) is 4.90 Å². The molecule has 4 heteroatoms. The molecule has 0 saturated carbocycles. The highest BCUT2D eigenvalue weighted by atomic mass is 19.1. The molecule has 0 aliphatic carbocycles. The Balaban J connectivity index is 2.19. The van der Waals surface area contributed by atoms with Gasteiger partial charge in [-0.3, -0.25) is 4.79 Å². The summed E-state index contributed by atoms with van der Waals surface area (Å²) in [4.78, 5) is 14.5. The first-order valence-electron chi connectivity index (χ1n) is 7.27. The second-order valence-electron chi connectivity index (χ2n) is 6.06. The maximum atomic E-state index is 13.3. The second kappa shape index (κ2) is 6.35. The van der Waals surface area contributed by atoms with E-state index in [1.165, 1.54) is 12.1 Å². The Labute approximate surface area is 120 Å². The van der Waals surface area contributed by atoms with Crippen LogP contribution >= 0.6 is 0 Å². The van der Waals surface area contributed by atoms with Crippen LogP contribution < -0.4 is 5.32 Å². The van der Waals surface area contributed by atoms with Crippen LogP contribution in [-0.2, 0) is 0 Å². The van der Waals surface area contributed by atoms with Crippen molar-refractivity contribution >= 4 is 5.91 Å². The highest BCUT2D eigenvalue weighted by Gasteiger charge is 2.30. The van der Waals surface area contributed by atoms with Gasteiger partial charge in [0.05, 0.1) is 0 Å². The van der Waals surface area contributed by atoms with Crippen molar-refractivity contribution in [1.29, 1.82) is 0 Å². The van der Waals surface area contributed by atoms with E-state index in [0.29, 0.717) is 18.0 Å². The highest BCUT2D eigenvalue weighted by Crippen LogP contribution is 2.18. The van der Waals surface area contributed by atoms with Crippen LogP contribution in [0.25, 0.3) is 0 Å². The Bertz CT molecular complexity index is 475. The summed E-state index contributed by atoms with van der Waals surface area (Å²) < 4.78 is 13.3. The molecule has 1 aliphatic heterocycles. The third-order valence-corrected chi connectivity index (χ3v) is 3.69. The van der Waals surface area contributed by atoms with Crippen LogP contribution in [0.15, 0.2) is 24.3 Å². The minimum Gasteiger partial charge on any atom is -0.333 e. The molecule has 110 valence electrons. The van der Waals surface area contributed by atoms with Crippen LogP contribution in [0, 0.1) is 11.7 Å². The smallest absolute Gasteiger partial charge is 0.254 e. The van der Waals surface area contributed by atoms with Crippen molar-refractivity contribution in [2.75, 3.05) is 13.1 Å². The Morgan fingerprint density at radius 3 is 2.90 bits per heavy atom. The number of rotatable bonds is 3. The van der Waals surface area contributed by atoms with Gasteiger partial charge in [0.1, 0.15) is 5.82 Å². The molecule has 0 radical (unpaired) electrons. The monoisotopic (exact) mass is 278 g/mol. The molecule has 1 aromatic rings. The summed E-state index contributed by atoms with van der Waals surface area (Å²) in [7, 11) is 0. The van der Waals surface area contributed by atoms with Gasteiger partial charge in [-0.2, -0.15) is 0 Å². The fourth-order valence-electron chi connectivity index (χ4n) is 2.75. The molecule has 1 fully saturated rings. The summed E-state index contributed by atoms with van der Waals surface area (Å²) in [5.74, 6) is 0.0981. The Morgan fingerprint density at radius 2 is 2.25 bits per heavy atom. The first-order chi connectivity index (χ1) is 9.47. The lowest BCUT2D eigenvalue weighted by atomic mass is 9.98. The largest absolute Gasteiger partial charge is 0.333 e. The molecule has 1 N–H and O–H groups in total. The van der Waals surface area contributed by atoms with E-state index in [1.54, 1.807) is 12.1 Å². The molecule has 2 atom stereocenters.